The van der Waals surface area contributed by atoms with Crippen molar-refractivity contribution >= 4 is 22.8 Å². The summed E-state index contributed by atoms with van der Waals surface area (Å²) in [6, 6.07) is 2.25. The fourth-order valence-electron chi connectivity index (χ4n) is 3.38. The standard InChI is InChI=1S/C19H20N8O/c1-11-6-14(12-7-22-25(2)10-12)20-8-15(11)23-18-21-9-16-17(24-18)27(13-4-5-13)19(28)26(16)3/h6-10,13H,4-5H2,1-3H3,(H,21,23,24). The van der Waals surface area contributed by atoms with Crippen LogP contribution in [0.2, 0.25) is 0 Å². The molecular weight excluding hydrogens is 356 g/mol. The molecule has 142 valence electrons. The van der Waals surface area contributed by atoms with Crippen LogP contribution >= 0.6 is 0 Å². The molecule has 0 unspecified atom stereocenters. The van der Waals surface area contributed by atoms with Crippen LogP contribution in [-0.2, 0) is 14.1 Å². The number of imidazole rings is 1. The highest BCUT2D eigenvalue weighted by Gasteiger charge is 2.29. The van der Waals surface area contributed by atoms with E-state index in [1.807, 2.05) is 26.2 Å². The number of rotatable bonds is 4. The highest BCUT2D eigenvalue weighted by Crippen LogP contribution is 2.35. The SMILES string of the molecule is Cc1cc(-c2cnn(C)c2)ncc1Nc1ncc2c(n1)n(C1CC1)c(=O)n2C. The number of aromatic nitrogens is 7. The van der Waals surface area contributed by atoms with Gasteiger partial charge in [-0.25, -0.2) is 9.78 Å². The van der Waals surface area contributed by atoms with Gasteiger partial charge in [0, 0.05) is 31.9 Å². The molecule has 4 heterocycles. The van der Waals surface area contributed by atoms with Gasteiger partial charge >= 0.3 is 5.69 Å². The number of nitrogens with one attached hydrogen (secondary N) is 1. The van der Waals surface area contributed by atoms with E-state index in [2.05, 4.69) is 25.4 Å². The number of aryl methyl sites for hydroxylation is 3. The van der Waals surface area contributed by atoms with Gasteiger partial charge in [-0.3, -0.25) is 18.8 Å². The van der Waals surface area contributed by atoms with E-state index in [1.54, 1.807) is 39.5 Å². The molecule has 9 nitrogen and oxygen atoms in total. The predicted molar refractivity (Wildman–Crippen MR) is 105 cm³/mol. The Bertz CT molecular complexity index is 1260. The first kappa shape index (κ1) is 16.7. The van der Waals surface area contributed by atoms with Gasteiger partial charge in [-0.1, -0.05) is 0 Å². The van der Waals surface area contributed by atoms with Crippen molar-refractivity contribution in [1.29, 1.82) is 0 Å². The third kappa shape index (κ3) is 2.67. The average Bonchev–Trinajstić information content (AvgIpc) is 3.36. The summed E-state index contributed by atoms with van der Waals surface area (Å²) in [5, 5.41) is 7.42. The molecule has 0 aromatic carbocycles. The van der Waals surface area contributed by atoms with E-state index in [0.717, 1.165) is 40.9 Å². The van der Waals surface area contributed by atoms with Crippen molar-refractivity contribution < 1.29 is 0 Å². The molecule has 4 aromatic heterocycles. The molecule has 9 heteroatoms. The molecule has 1 aliphatic rings. The summed E-state index contributed by atoms with van der Waals surface area (Å²) in [4.78, 5) is 26.0. The van der Waals surface area contributed by atoms with Crippen LogP contribution in [0.15, 0.2) is 35.6 Å². The van der Waals surface area contributed by atoms with Gasteiger partial charge in [-0.2, -0.15) is 10.1 Å². The molecule has 4 aromatic rings. The second kappa shape index (κ2) is 6.01. The largest absolute Gasteiger partial charge is 0.330 e. The third-order valence-corrected chi connectivity index (χ3v) is 5.10. The first-order valence-electron chi connectivity index (χ1n) is 9.18. The van der Waals surface area contributed by atoms with Crippen molar-refractivity contribution in [2.75, 3.05) is 5.32 Å². The molecule has 1 aliphatic carbocycles. The lowest BCUT2D eigenvalue weighted by Gasteiger charge is -2.09. The molecule has 5 rings (SSSR count). The van der Waals surface area contributed by atoms with Crippen LogP contribution in [0, 0.1) is 6.92 Å². The Balaban J connectivity index is 1.50. The fourth-order valence-corrected chi connectivity index (χ4v) is 3.38. The van der Waals surface area contributed by atoms with E-state index in [9.17, 15) is 4.79 Å². The lowest BCUT2D eigenvalue weighted by molar-refractivity contribution is 0.692. The normalized spacial score (nSPS) is 14.0. The van der Waals surface area contributed by atoms with Crippen molar-refractivity contribution in [3.05, 3.63) is 46.9 Å². The quantitative estimate of drug-likeness (QED) is 0.587. The smallest absolute Gasteiger partial charge is 0.323 e. The van der Waals surface area contributed by atoms with Crippen molar-refractivity contribution in [2.45, 2.75) is 25.8 Å². The van der Waals surface area contributed by atoms with E-state index >= 15 is 0 Å². The zero-order valence-electron chi connectivity index (χ0n) is 15.9. The lowest BCUT2D eigenvalue weighted by atomic mass is 10.1. The second-order valence-electron chi connectivity index (χ2n) is 7.26. The second-order valence-corrected chi connectivity index (χ2v) is 7.26. The van der Waals surface area contributed by atoms with E-state index in [-0.39, 0.29) is 11.7 Å². The molecule has 1 N–H and O–H groups in total. The maximum absolute atomic E-state index is 12.5. The Hall–Kier alpha value is -3.49. The van der Waals surface area contributed by atoms with Crippen molar-refractivity contribution in [3.63, 3.8) is 0 Å². The minimum Gasteiger partial charge on any atom is -0.323 e. The van der Waals surface area contributed by atoms with E-state index < -0.39 is 0 Å². The summed E-state index contributed by atoms with van der Waals surface area (Å²) >= 11 is 0. The molecule has 0 saturated heterocycles. The maximum Gasteiger partial charge on any atom is 0.330 e. The minimum absolute atomic E-state index is 0.0392. The van der Waals surface area contributed by atoms with Gasteiger partial charge < -0.3 is 5.32 Å². The highest BCUT2D eigenvalue weighted by molar-refractivity contribution is 5.73. The Labute approximate surface area is 160 Å². The van der Waals surface area contributed by atoms with Crippen LogP contribution < -0.4 is 11.0 Å². The zero-order chi connectivity index (χ0) is 19.4. The Morgan fingerprint density at radius 1 is 1.14 bits per heavy atom. The van der Waals surface area contributed by atoms with Gasteiger partial charge in [-0.15, -0.1) is 0 Å². The average molecular weight is 376 g/mol. The molecule has 1 fully saturated rings. The van der Waals surface area contributed by atoms with Crippen LogP contribution in [0.3, 0.4) is 0 Å². The number of nitrogens with zero attached hydrogens (tertiary/aromatic N) is 7. The molecule has 0 atom stereocenters. The number of pyridine rings is 1. The molecule has 0 aliphatic heterocycles. The van der Waals surface area contributed by atoms with Gasteiger partial charge in [0.2, 0.25) is 5.95 Å². The summed E-state index contributed by atoms with van der Waals surface area (Å²) < 4.78 is 5.13. The third-order valence-electron chi connectivity index (χ3n) is 5.10. The first-order chi connectivity index (χ1) is 13.5. The van der Waals surface area contributed by atoms with Crippen LogP contribution in [0.5, 0.6) is 0 Å². The molecule has 0 bridgehead atoms. The Kier molecular flexibility index (Phi) is 3.58. The van der Waals surface area contributed by atoms with Crippen LogP contribution in [0.25, 0.3) is 22.4 Å². The molecule has 0 spiro atoms. The van der Waals surface area contributed by atoms with Gasteiger partial charge in [0.25, 0.3) is 0 Å². The highest BCUT2D eigenvalue weighted by atomic mass is 16.1. The summed E-state index contributed by atoms with van der Waals surface area (Å²) in [7, 11) is 3.63. The molecule has 0 radical (unpaired) electrons. The van der Waals surface area contributed by atoms with E-state index in [1.165, 1.54) is 0 Å². The summed E-state index contributed by atoms with van der Waals surface area (Å²) in [6.07, 6.45) is 9.22. The summed E-state index contributed by atoms with van der Waals surface area (Å²) in [5.74, 6) is 0.450. The maximum atomic E-state index is 12.5. The molecule has 0 amide bonds. The number of hydrogen-bond donors (Lipinski definition) is 1. The monoisotopic (exact) mass is 376 g/mol. The van der Waals surface area contributed by atoms with Gasteiger partial charge in [0.1, 0.15) is 5.52 Å². The van der Waals surface area contributed by atoms with Gasteiger partial charge in [0.15, 0.2) is 5.65 Å². The first-order valence-corrected chi connectivity index (χ1v) is 9.18. The topological polar surface area (TPSA) is 95.5 Å². The summed E-state index contributed by atoms with van der Waals surface area (Å²) in [6.45, 7) is 2.01. The number of fused-ring (bicyclic) bond motifs is 1. The molecule has 28 heavy (non-hydrogen) atoms. The minimum atomic E-state index is -0.0392. The Morgan fingerprint density at radius 3 is 2.64 bits per heavy atom. The Morgan fingerprint density at radius 2 is 1.96 bits per heavy atom. The van der Waals surface area contributed by atoms with Crippen molar-refractivity contribution in [3.8, 4) is 11.3 Å². The van der Waals surface area contributed by atoms with Crippen LogP contribution in [0.4, 0.5) is 11.6 Å². The van der Waals surface area contributed by atoms with E-state index in [4.69, 9.17) is 0 Å². The predicted octanol–water partition coefficient (Wildman–Crippen LogP) is 2.31. The lowest BCUT2D eigenvalue weighted by Crippen LogP contribution is -2.21. The van der Waals surface area contributed by atoms with Crippen LogP contribution in [-0.4, -0.2) is 33.9 Å². The molecule has 1 saturated carbocycles. The van der Waals surface area contributed by atoms with Crippen LogP contribution in [0.1, 0.15) is 24.4 Å². The number of anilines is 2. The zero-order valence-corrected chi connectivity index (χ0v) is 15.9. The van der Waals surface area contributed by atoms with Crippen molar-refractivity contribution in [2.24, 2.45) is 14.1 Å². The molecular formula is C19H20N8O. The fraction of sp³-hybridized carbons (Fsp3) is 0.316. The van der Waals surface area contributed by atoms with Crippen molar-refractivity contribution in [1.82, 2.24) is 33.9 Å². The summed E-state index contributed by atoms with van der Waals surface area (Å²) in [5.41, 5.74) is 5.04. The van der Waals surface area contributed by atoms with Gasteiger partial charge in [-0.05, 0) is 31.4 Å². The van der Waals surface area contributed by atoms with E-state index in [0.29, 0.717) is 11.6 Å². The number of hydrogen-bond acceptors (Lipinski definition) is 6. The van der Waals surface area contributed by atoms with Gasteiger partial charge in [0.05, 0.1) is 30.0 Å².